The summed E-state index contributed by atoms with van der Waals surface area (Å²) in [6.45, 7) is 2.96. The molecule has 0 spiro atoms. The van der Waals surface area contributed by atoms with Crippen LogP contribution in [0.1, 0.15) is 18.9 Å². The summed E-state index contributed by atoms with van der Waals surface area (Å²) >= 11 is 0. The molecule has 2 rings (SSSR count). The van der Waals surface area contributed by atoms with E-state index >= 15 is 0 Å². The van der Waals surface area contributed by atoms with Crippen molar-refractivity contribution in [3.63, 3.8) is 0 Å². The van der Waals surface area contributed by atoms with E-state index in [1.807, 2.05) is 6.92 Å². The van der Waals surface area contributed by atoms with Crippen LogP contribution in [-0.2, 0) is 11.2 Å². The van der Waals surface area contributed by atoms with Crippen LogP contribution in [-0.4, -0.2) is 18.4 Å². The van der Waals surface area contributed by atoms with Crippen LogP contribution in [0, 0.1) is 11.7 Å². The molecular weight excluding hydrogens is 205 g/mol. The van der Waals surface area contributed by atoms with Gasteiger partial charge in [-0.1, -0.05) is 12.1 Å². The van der Waals surface area contributed by atoms with Gasteiger partial charge in [0.2, 0.25) is 0 Å². The van der Waals surface area contributed by atoms with Crippen LogP contribution in [0.2, 0.25) is 0 Å². The molecule has 1 heterocycles. The monoisotopic (exact) mass is 221 g/mol. The van der Waals surface area contributed by atoms with Crippen molar-refractivity contribution < 1.29 is 9.18 Å². The largest absolute Gasteiger partial charge is 0.314 e. The number of hydrogen-bond donors (Lipinski definition) is 1. The maximum absolute atomic E-state index is 12.7. The Labute approximate surface area is 94.9 Å². The van der Waals surface area contributed by atoms with Gasteiger partial charge in [-0.15, -0.1) is 0 Å². The minimum atomic E-state index is -0.257. The van der Waals surface area contributed by atoms with Gasteiger partial charge in [0.1, 0.15) is 11.6 Å². The molecule has 1 aliphatic rings. The van der Waals surface area contributed by atoms with Gasteiger partial charge in [0, 0.05) is 18.4 Å². The number of halogens is 1. The number of carbonyl (C=O) groups is 1. The fourth-order valence-electron chi connectivity index (χ4n) is 2.23. The molecule has 0 radical (unpaired) electrons. The molecule has 0 aliphatic carbocycles. The predicted octanol–water partition coefficient (Wildman–Crippen LogP) is 1.94. The van der Waals surface area contributed by atoms with Crippen molar-refractivity contribution in [2.24, 2.45) is 5.92 Å². The number of rotatable bonds is 3. The Bertz CT molecular complexity index is 374. The minimum absolute atomic E-state index is 0.116. The molecule has 2 atom stereocenters. The Morgan fingerprint density at radius 3 is 2.69 bits per heavy atom. The number of carbonyl (C=O) groups excluding carboxylic acids is 1. The molecule has 1 fully saturated rings. The molecule has 0 amide bonds. The highest BCUT2D eigenvalue weighted by atomic mass is 19.1. The van der Waals surface area contributed by atoms with Gasteiger partial charge < -0.3 is 5.32 Å². The van der Waals surface area contributed by atoms with Crippen LogP contribution >= 0.6 is 0 Å². The van der Waals surface area contributed by atoms with Crippen molar-refractivity contribution in [3.05, 3.63) is 35.6 Å². The number of ketones is 1. The average Bonchev–Trinajstić information content (AvgIpc) is 2.68. The van der Waals surface area contributed by atoms with Gasteiger partial charge in [-0.3, -0.25) is 4.79 Å². The van der Waals surface area contributed by atoms with E-state index in [-0.39, 0.29) is 23.6 Å². The third-order valence-electron chi connectivity index (χ3n) is 3.23. The Hall–Kier alpha value is -1.22. The highest BCUT2D eigenvalue weighted by molar-refractivity contribution is 5.84. The topological polar surface area (TPSA) is 29.1 Å². The van der Waals surface area contributed by atoms with Crippen LogP contribution in [0.15, 0.2) is 24.3 Å². The van der Waals surface area contributed by atoms with E-state index in [9.17, 15) is 9.18 Å². The SMILES string of the molecule is CC1NCCC1C(=O)Cc1ccc(F)cc1. The number of nitrogens with one attached hydrogen (secondary N) is 1. The van der Waals surface area contributed by atoms with Crippen molar-refractivity contribution in [3.8, 4) is 0 Å². The van der Waals surface area contributed by atoms with Gasteiger partial charge in [0.05, 0.1) is 0 Å². The summed E-state index contributed by atoms with van der Waals surface area (Å²) in [6.07, 6.45) is 1.33. The first-order chi connectivity index (χ1) is 7.66. The Morgan fingerprint density at radius 2 is 2.12 bits per heavy atom. The van der Waals surface area contributed by atoms with Crippen molar-refractivity contribution in [1.29, 1.82) is 0 Å². The normalized spacial score (nSPS) is 24.6. The van der Waals surface area contributed by atoms with E-state index in [1.165, 1.54) is 12.1 Å². The Morgan fingerprint density at radius 1 is 1.44 bits per heavy atom. The molecule has 1 aromatic rings. The second-order valence-electron chi connectivity index (χ2n) is 4.41. The first kappa shape index (κ1) is 11.3. The first-order valence-corrected chi connectivity index (χ1v) is 5.67. The lowest BCUT2D eigenvalue weighted by atomic mass is 9.92. The fraction of sp³-hybridized carbons (Fsp3) is 0.462. The van der Waals surface area contributed by atoms with Crippen molar-refractivity contribution in [2.75, 3.05) is 6.54 Å². The van der Waals surface area contributed by atoms with Crippen molar-refractivity contribution in [1.82, 2.24) is 5.32 Å². The Balaban J connectivity index is 1.99. The number of benzene rings is 1. The highest BCUT2D eigenvalue weighted by Crippen LogP contribution is 2.18. The molecule has 86 valence electrons. The summed E-state index contributed by atoms with van der Waals surface area (Å²) in [5.74, 6) is 0.112. The van der Waals surface area contributed by atoms with Crippen LogP contribution in [0.25, 0.3) is 0 Å². The minimum Gasteiger partial charge on any atom is -0.314 e. The van der Waals surface area contributed by atoms with E-state index in [2.05, 4.69) is 5.32 Å². The molecule has 16 heavy (non-hydrogen) atoms. The highest BCUT2D eigenvalue weighted by Gasteiger charge is 2.28. The van der Waals surface area contributed by atoms with Gasteiger partial charge in [-0.2, -0.15) is 0 Å². The zero-order valence-electron chi connectivity index (χ0n) is 9.37. The molecule has 3 heteroatoms. The molecule has 2 unspecified atom stereocenters. The van der Waals surface area contributed by atoms with Gasteiger partial charge in [-0.25, -0.2) is 4.39 Å². The summed E-state index contributed by atoms with van der Waals surface area (Å²) in [4.78, 5) is 12.0. The standard InChI is InChI=1S/C13H16FNO/c1-9-12(6-7-15-9)13(16)8-10-2-4-11(14)5-3-10/h2-5,9,12,15H,6-8H2,1H3. The number of hydrogen-bond acceptors (Lipinski definition) is 2. The van der Waals surface area contributed by atoms with E-state index in [0.717, 1.165) is 18.5 Å². The third-order valence-corrected chi connectivity index (χ3v) is 3.23. The van der Waals surface area contributed by atoms with Crippen LogP contribution < -0.4 is 5.32 Å². The molecule has 0 bridgehead atoms. The molecular formula is C13H16FNO. The molecule has 1 aromatic carbocycles. The summed E-state index contributed by atoms with van der Waals surface area (Å²) in [7, 11) is 0. The second kappa shape index (κ2) is 4.74. The van der Waals surface area contributed by atoms with Crippen molar-refractivity contribution in [2.45, 2.75) is 25.8 Å². The molecule has 2 nitrogen and oxygen atoms in total. The van der Waals surface area contributed by atoms with E-state index in [0.29, 0.717) is 6.42 Å². The van der Waals surface area contributed by atoms with Gasteiger partial charge >= 0.3 is 0 Å². The van der Waals surface area contributed by atoms with Crippen LogP contribution in [0.5, 0.6) is 0 Å². The lowest BCUT2D eigenvalue weighted by molar-refractivity contribution is -0.122. The molecule has 0 aromatic heterocycles. The average molecular weight is 221 g/mol. The molecule has 0 saturated carbocycles. The quantitative estimate of drug-likeness (QED) is 0.845. The third kappa shape index (κ3) is 2.47. The van der Waals surface area contributed by atoms with Gasteiger partial charge in [-0.05, 0) is 37.6 Å². The Kier molecular flexibility index (Phi) is 3.34. The zero-order chi connectivity index (χ0) is 11.5. The first-order valence-electron chi connectivity index (χ1n) is 5.67. The van der Waals surface area contributed by atoms with E-state index < -0.39 is 0 Å². The van der Waals surface area contributed by atoms with Crippen LogP contribution in [0.4, 0.5) is 4.39 Å². The second-order valence-corrected chi connectivity index (χ2v) is 4.41. The lowest BCUT2D eigenvalue weighted by Gasteiger charge is -2.13. The molecule has 1 N–H and O–H groups in total. The smallest absolute Gasteiger partial charge is 0.141 e. The van der Waals surface area contributed by atoms with Crippen LogP contribution in [0.3, 0.4) is 0 Å². The van der Waals surface area contributed by atoms with E-state index in [1.54, 1.807) is 12.1 Å². The van der Waals surface area contributed by atoms with E-state index in [4.69, 9.17) is 0 Å². The summed E-state index contributed by atoms with van der Waals surface area (Å²) in [5.41, 5.74) is 0.894. The van der Waals surface area contributed by atoms with Gasteiger partial charge in [0.25, 0.3) is 0 Å². The predicted molar refractivity (Wildman–Crippen MR) is 60.7 cm³/mol. The van der Waals surface area contributed by atoms with Crippen molar-refractivity contribution >= 4 is 5.78 Å². The van der Waals surface area contributed by atoms with Gasteiger partial charge in [0.15, 0.2) is 0 Å². The number of Topliss-reactive ketones (excluding diaryl/α,β-unsaturated/α-hetero) is 1. The molecule has 1 aliphatic heterocycles. The maximum atomic E-state index is 12.7. The summed E-state index contributed by atoms with van der Waals surface area (Å²) in [6, 6.07) is 6.44. The maximum Gasteiger partial charge on any atom is 0.141 e. The summed E-state index contributed by atoms with van der Waals surface area (Å²) in [5, 5.41) is 3.26. The summed E-state index contributed by atoms with van der Waals surface area (Å²) < 4.78 is 12.7. The molecule has 1 saturated heterocycles. The zero-order valence-corrected chi connectivity index (χ0v) is 9.37. The fourth-order valence-corrected chi connectivity index (χ4v) is 2.23. The lowest BCUT2D eigenvalue weighted by Crippen LogP contribution is -2.29.